The SMILES string of the molecule is COc1ccc(CNS(=O)(=O)c2cc(-c3ccno3)oc2C)cc1. The van der Waals surface area contributed by atoms with Crippen LogP contribution in [0.5, 0.6) is 5.75 Å². The van der Waals surface area contributed by atoms with Crippen molar-refractivity contribution in [2.75, 3.05) is 7.11 Å². The van der Waals surface area contributed by atoms with Gasteiger partial charge < -0.3 is 13.7 Å². The van der Waals surface area contributed by atoms with Gasteiger partial charge in [0, 0.05) is 18.7 Å². The van der Waals surface area contributed by atoms with Gasteiger partial charge in [-0.15, -0.1) is 0 Å². The fourth-order valence-corrected chi connectivity index (χ4v) is 3.39. The molecule has 0 atom stereocenters. The number of nitrogens with one attached hydrogen (secondary N) is 1. The maximum absolute atomic E-state index is 12.5. The second kappa shape index (κ2) is 6.50. The van der Waals surface area contributed by atoms with Crippen molar-refractivity contribution in [2.45, 2.75) is 18.4 Å². The molecule has 0 amide bonds. The number of methoxy groups -OCH3 is 1. The van der Waals surface area contributed by atoms with E-state index >= 15 is 0 Å². The van der Waals surface area contributed by atoms with Crippen molar-refractivity contribution in [1.82, 2.24) is 9.88 Å². The van der Waals surface area contributed by atoms with Crippen molar-refractivity contribution in [3.8, 4) is 17.3 Å². The molecule has 3 aromatic rings. The molecule has 0 aliphatic rings. The van der Waals surface area contributed by atoms with E-state index in [-0.39, 0.29) is 17.2 Å². The lowest BCUT2D eigenvalue weighted by Gasteiger charge is -2.06. The molecule has 0 aliphatic heterocycles. The highest BCUT2D eigenvalue weighted by atomic mass is 32.2. The van der Waals surface area contributed by atoms with E-state index in [1.54, 1.807) is 44.4 Å². The summed E-state index contributed by atoms with van der Waals surface area (Å²) in [5.41, 5.74) is 0.816. The zero-order valence-electron chi connectivity index (χ0n) is 13.1. The Morgan fingerprint density at radius 2 is 1.92 bits per heavy atom. The van der Waals surface area contributed by atoms with Crippen LogP contribution in [0.25, 0.3) is 11.5 Å². The monoisotopic (exact) mass is 348 g/mol. The minimum absolute atomic E-state index is 0.0717. The second-order valence-electron chi connectivity index (χ2n) is 5.08. The fourth-order valence-electron chi connectivity index (χ4n) is 2.20. The highest BCUT2D eigenvalue weighted by Gasteiger charge is 2.22. The Morgan fingerprint density at radius 3 is 2.54 bits per heavy atom. The van der Waals surface area contributed by atoms with Gasteiger partial charge in [-0.25, -0.2) is 13.1 Å². The van der Waals surface area contributed by atoms with Gasteiger partial charge in [-0.3, -0.25) is 0 Å². The molecule has 0 saturated carbocycles. The molecule has 126 valence electrons. The molecular weight excluding hydrogens is 332 g/mol. The van der Waals surface area contributed by atoms with E-state index in [4.69, 9.17) is 13.7 Å². The van der Waals surface area contributed by atoms with E-state index in [1.165, 1.54) is 12.3 Å². The summed E-state index contributed by atoms with van der Waals surface area (Å²) in [6, 6.07) is 10.2. The molecule has 3 rings (SSSR count). The van der Waals surface area contributed by atoms with Gasteiger partial charge in [0.05, 0.1) is 13.3 Å². The highest BCUT2D eigenvalue weighted by Crippen LogP contribution is 2.27. The molecule has 1 N–H and O–H groups in total. The quantitative estimate of drug-likeness (QED) is 0.736. The Bertz CT molecular complexity index is 912. The van der Waals surface area contributed by atoms with Gasteiger partial charge in [0.2, 0.25) is 15.8 Å². The Morgan fingerprint density at radius 1 is 1.17 bits per heavy atom. The minimum Gasteiger partial charge on any atom is -0.497 e. The fraction of sp³-hybridized carbons (Fsp3) is 0.188. The average molecular weight is 348 g/mol. The Kier molecular flexibility index (Phi) is 4.41. The summed E-state index contributed by atoms with van der Waals surface area (Å²) in [4.78, 5) is 0.0717. The molecule has 8 heteroatoms. The summed E-state index contributed by atoms with van der Waals surface area (Å²) in [6.45, 7) is 1.75. The van der Waals surface area contributed by atoms with Gasteiger partial charge in [0.1, 0.15) is 16.4 Å². The third-order valence-electron chi connectivity index (χ3n) is 3.47. The molecule has 24 heavy (non-hydrogen) atoms. The molecule has 1 aromatic carbocycles. The van der Waals surface area contributed by atoms with Crippen LogP contribution in [-0.2, 0) is 16.6 Å². The van der Waals surface area contributed by atoms with Gasteiger partial charge in [-0.05, 0) is 24.6 Å². The first-order valence-electron chi connectivity index (χ1n) is 7.13. The first-order valence-corrected chi connectivity index (χ1v) is 8.62. The van der Waals surface area contributed by atoms with E-state index in [0.717, 1.165) is 5.56 Å². The standard InChI is InChI=1S/C16H16N2O5S/c1-11-16(9-15(22-11)14-7-8-17-23-14)24(19,20)18-10-12-3-5-13(21-2)6-4-12/h3-9,18H,10H2,1-2H3. The Labute approximate surface area is 139 Å². The summed E-state index contributed by atoms with van der Waals surface area (Å²) in [6.07, 6.45) is 1.46. The van der Waals surface area contributed by atoms with Gasteiger partial charge >= 0.3 is 0 Å². The smallest absolute Gasteiger partial charge is 0.244 e. The molecule has 0 spiro atoms. The van der Waals surface area contributed by atoms with Crippen LogP contribution >= 0.6 is 0 Å². The lowest BCUT2D eigenvalue weighted by Crippen LogP contribution is -2.23. The number of benzene rings is 1. The number of aryl methyl sites for hydroxylation is 1. The van der Waals surface area contributed by atoms with Crippen molar-refractivity contribution >= 4 is 10.0 Å². The summed E-state index contributed by atoms with van der Waals surface area (Å²) in [5, 5.41) is 3.58. The second-order valence-corrected chi connectivity index (χ2v) is 6.82. The zero-order valence-corrected chi connectivity index (χ0v) is 14.0. The Balaban J connectivity index is 1.77. The molecule has 0 saturated heterocycles. The lowest BCUT2D eigenvalue weighted by molar-refractivity contribution is 0.414. The molecule has 2 heterocycles. The van der Waals surface area contributed by atoms with E-state index in [9.17, 15) is 8.42 Å². The van der Waals surface area contributed by atoms with Crippen molar-refractivity contribution in [3.63, 3.8) is 0 Å². The van der Waals surface area contributed by atoms with Crippen LogP contribution in [0.4, 0.5) is 0 Å². The van der Waals surface area contributed by atoms with Crippen LogP contribution in [0, 0.1) is 6.92 Å². The van der Waals surface area contributed by atoms with Crippen LogP contribution in [0.1, 0.15) is 11.3 Å². The summed E-state index contributed by atoms with van der Waals surface area (Å²) >= 11 is 0. The van der Waals surface area contributed by atoms with Crippen LogP contribution in [-0.4, -0.2) is 20.7 Å². The number of nitrogens with zero attached hydrogens (tertiary/aromatic N) is 1. The maximum Gasteiger partial charge on any atom is 0.244 e. The predicted molar refractivity (Wildman–Crippen MR) is 86.0 cm³/mol. The maximum atomic E-state index is 12.5. The first kappa shape index (κ1) is 16.3. The first-order chi connectivity index (χ1) is 11.5. The molecule has 0 unspecified atom stereocenters. The highest BCUT2D eigenvalue weighted by molar-refractivity contribution is 7.89. The van der Waals surface area contributed by atoms with E-state index in [0.29, 0.717) is 17.3 Å². The van der Waals surface area contributed by atoms with Crippen molar-refractivity contribution in [2.24, 2.45) is 0 Å². The third-order valence-corrected chi connectivity index (χ3v) is 4.98. The normalized spacial score (nSPS) is 11.6. The number of aromatic nitrogens is 1. The molecule has 0 radical (unpaired) electrons. The number of hydrogen-bond donors (Lipinski definition) is 1. The largest absolute Gasteiger partial charge is 0.497 e. The van der Waals surface area contributed by atoms with Gasteiger partial charge in [-0.2, -0.15) is 0 Å². The summed E-state index contributed by atoms with van der Waals surface area (Å²) < 4.78 is 43.0. The van der Waals surface area contributed by atoms with Crippen molar-refractivity contribution in [1.29, 1.82) is 0 Å². The van der Waals surface area contributed by atoms with Crippen molar-refractivity contribution in [3.05, 3.63) is 53.9 Å². The number of rotatable bonds is 6. The molecule has 2 aromatic heterocycles. The number of ether oxygens (including phenoxy) is 1. The zero-order chi connectivity index (χ0) is 17.2. The number of sulfonamides is 1. The number of furan rings is 1. The summed E-state index contributed by atoms with van der Waals surface area (Å²) in [7, 11) is -2.14. The van der Waals surface area contributed by atoms with Gasteiger partial charge in [0.15, 0.2) is 5.76 Å². The Hall–Kier alpha value is -2.58. The van der Waals surface area contributed by atoms with Gasteiger partial charge in [0.25, 0.3) is 0 Å². The van der Waals surface area contributed by atoms with E-state index < -0.39 is 10.0 Å². The van der Waals surface area contributed by atoms with Crippen LogP contribution in [0.2, 0.25) is 0 Å². The van der Waals surface area contributed by atoms with Crippen LogP contribution < -0.4 is 9.46 Å². The molecule has 0 aliphatic carbocycles. The van der Waals surface area contributed by atoms with Gasteiger partial charge in [-0.1, -0.05) is 17.3 Å². The molecule has 7 nitrogen and oxygen atoms in total. The summed E-state index contributed by atoms with van der Waals surface area (Å²) in [5.74, 6) is 1.68. The van der Waals surface area contributed by atoms with E-state index in [2.05, 4.69) is 9.88 Å². The van der Waals surface area contributed by atoms with Crippen molar-refractivity contribution < 1.29 is 22.1 Å². The molecular formula is C16H16N2O5S. The molecule has 0 fully saturated rings. The van der Waals surface area contributed by atoms with E-state index in [1.807, 2.05) is 0 Å². The average Bonchev–Trinajstić information content (AvgIpc) is 3.23. The van der Waals surface area contributed by atoms with Crippen LogP contribution in [0.3, 0.4) is 0 Å². The molecule has 0 bridgehead atoms. The van der Waals surface area contributed by atoms with Crippen LogP contribution in [0.15, 0.2) is 56.4 Å². The predicted octanol–water partition coefficient (Wildman–Crippen LogP) is 2.73. The third kappa shape index (κ3) is 3.34. The minimum atomic E-state index is -3.71. The number of hydrogen-bond acceptors (Lipinski definition) is 6. The lowest BCUT2D eigenvalue weighted by atomic mass is 10.2. The topological polar surface area (TPSA) is 94.6 Å².